The quantitative estimate of drug-likeness (QED) is 0.787. The Morgan fingerprint density at radius 3 is 3.11 bits per heavy atom. The zero-order chi connectivity index (χ0) is 12.5. The summed E-state index contributed by atoms with van der Waals surface area (Å²) in [6.45, 7) is 7.07. The number of amides is 1. The maximum absolute atomic E-state index is 12.4. The Bertz CT molecular complexity index is 443. The molecule has 0 spiro atoms. The summed E-state index contributed by atoms with van der Waals surface area (Å²) in [5.41, 5.74) is 1.74. The van der Waals surface area contributed by atoms with E-state index in [1.165, 1.54) is 0 Å². The van der Waals surface area contributed by atoms with Crippen LogP contribution in [0.15, 0.2) is 12.3 Å². The number of piperazine rings is 1. The highest BCUT2D eigenvalue weighted by molar-refractivity contribution is 5.94. The number of hydrogen-bond donors (Lipinski definition) is 1. The molecule has 2 saturated heterocycles. The maximum atomic E-state index is 12.4. The first-order chi connectivity index (χ1) is 8.75. The van der Waals surface area contributed by atoms with Gasteiger partial charge in [-0.3, -0.25) is 9.69 Å². The number of aromatic amines is 1. The smallest absolute Gasteiger partial charge is 0.270 e. The highest BCUT2D eigenvalue weighted by atomic mass is 16.5. The fourth-order valence-electron chi connectivity index (χ4n) is 2.77. The summed E-state index contributed by atoms with van der Waals surface area (Å²) in [7, 11) is 0. The molecule has 1 unspecified atom stereocenters. The molecule has 1 amide bonds. The van der Waals surface area contributed by atoms with E-state index < -0.39 is 0 Å². The van der Waals surface area contributed by atoms with Gasteiger partial charge in [-0.05, 0) is 18.6 Å². The Morgan fingerprint density at radius 2 is 2.33 bits per heavy atom. The molecule has 0 bridgehead atoms. The van der Waals surface area contributed by atoms with Gasteiger partial charge in [-0.1, -0.05) is 0 Å². The average molecular weight is 249 g/mol. The number of carbonyl (C=O) groups is 1. The predicted molar refractivity (Wildman–Crippen MR) is 67.6 cm³/mol. The van der Waals surface area contributed by atoms with Gasteiger partial charge in [0.05, 0.1) is 19.3 Å². The Kier molecular flexibility index (Phi) is 3.09. The summed E-state index contributed by atoms with van der Waals surface area (Å²) < 4.78 is 5.49. The van der Waals surface area contributed by atoms with Crippen LogP contribution in [0.5, 0.6) is 0 Å². The maximum Gasteiger partial charge on any atom is 0.270 e. The molecule has 3 heterocycles. The molecule has 0 aliphatic carbocycles. The minimum Gasteiger partial charge on any atom is -0.378 e. The van der Waals surface area contributed by atoms with E-state index in [4.69, 9.17) is 4.74 Å². The molecule has 0 aromatic carbocycles. The molecular weight excluding hydrogens is 230 g/mol. The standard InChI is InChI=1S/C13H19N3O2/c1-10-2-3-14-12(10)13(17)16-5-4-15-6-7-18-9-11(15)8-16/h2-3,11,14H,4-9H2,1H3. The highest BCUT2D eigenvalue weighted by Crippen LogP contribution is 2.16. The van der Waals surface area contributed by atoms with E-state index in [1.54, 1.807) is 0 Å². The van der Waals surface area contributed by atoms with Crippen LogP contribution in [0.25, 0.3) is 0 Å². The zero-order valence-electron chi connectivity index (χ0n) is 10.7. The van der Waals surface area contributed by atoms with Gasteiger partial charge >= 0.3 is 0 Å². The van der Waals surface area contributed by atoms with Crippen LogP contribution in [0.4, 0.5) is 0 Å². The number of hydrogen-bond acceptors (Lipinski definition) is 3. The third kappa shape index (κ3) is 2.04. The van der Waals surface area contributed by atoms with Gasteiger partial charge in [0, 0.05) is 32.4 Å². The number of rotatable bonds is 1. The first-order valence-corrected chi connectivity index (χ1v) is 6.51. The molecule has 5 nitrogen and oxygen atoms in total. The van der Waals surface area contributed by atoms with Gasteiger partial charge in [-0.2, -0.15) is 0 Å². The lowest BCUT2D eigenvalue weighted by molar-refractivity contribution is -0.0395. The zero-order valence-corrected chi connectivity index (χ0v) is 10.7. The molecule has 3 rings (SSSR count). The number of fused-ring (bicyclic) bond motifs is 1. The molecule has 98 valence electrons. The van der Waals surface area contributed by atoms with Crippen molar-refractivity contribution in [3.05, 3.63) is 23.5 Å². The molecule has 0 saturated carbocycles. The van der Waals surface area contributed by atoms with Gasteiger partial charge in [0.15, 0.2) is 0 Å². The highest BCUT2D eigenvalue weighted by Gasteiger charge is 2.32. The summed E-state index contributed by atoms with van der Waals surface area (Å²) in [5.74, 6) is 0.114. The van der Waals surface area contributed by atoms with Gasteiger partial charge in [-0.25, -0.2) is 0 Å². The molecule has 0 radical (unpaired) electrons. The second-order valence-electron chi connectivity index (χ2n) is 5.05. The molecule has 2 aliphatic rings. The van der Waals surface area contributed by atoms with Gasteiger partial charge in [0.2, 0.25) is 0 Å². The van der Waals surface area contributed by atoms with E-state index in [9.17, 15) is 4.79 Å². The van der Waals surface area contributed by atoms with E-state index in [2.05, 4.69) is 9.88 Å². The van der Waals surface area contributed by atoms with Crippen LogP contribution in [0, 0.1) is 6.92 Å². The van der Waals surface area contributed by atoms with Crippen LogP contribution in [0.2, 0.25) is 0 Å². The predicted octanol–water partition coefficient (Wildman–Crippen LogP) is 0.480. The second kappa shape index (κ2) is 4.74. The Morgan fingerprint density at radius 1 is 1.44 bits per heavy atom. The van der Waals surface area contributed by atoms with Crippen LogP contribution in [-0.2, 0) is 4.74 Å². The number of nitrogens with zero attached hydrogens (tertiary/aromatic N) is 2. The summed E-state index contributed by atoms with van der Waals surface area (Å²) >= 11 is 0. The number of aromatic nitrogens is 1. The van der Waals surface area contributed by atoms with Gasteiger partial charge < -0.3 is 14.6 Å². The van der Waals surface area contributed by atoms with Crippen LogP contribution in [0.3, 0.4) is 0 Å². The van der Waals surface area contributed by atoms with Crippen LogP contribution >= 0.6 is 0 Å². The SMILES string of the molecule is Cc1cc[nH]c1C(=O)N1CCN2CCOCC2C1. The van der Waals surface area contributed by atoms with Crippen molar-refractivity contribution in [3.63, 3.8) is 0 Å². The van der Waals surface area contributed by atoms with Gasteiger partial charge in [-0.15, -0.1) is 0 Å². The minimum atomic E-state index is 0.114. The molecule has 2 aliphatic heterocycles. The van der Waals surface area contributed by atoms with Crippen molar-refractivity contribution < 1.29 is 9.53 Å². The number of aryl methyl sites for hydroxylation is 1. The van der Waals surface area contributed by atoms with E-state index in [0.29, 0.717) is 6.04 Å². The van der Waals surface area contributed by atoms with Crippen LogP contribution in [-0.4, -0.2) is 66.1 Å². The normalized spacial score (nSPS) is 24.9. The lowest BCUT2D eigenvalue weighted by atomic mass is 10.1. The number of nitrogens with one attached hydrogen (secondary N) is 1. The van der Waals surface area contributed by atoms with Crippen molar-refractivity contribution in [3.8, 4) is 0 Å². The van der Waals surface area contributed by atoms with Crippen molar-refractivity contribution in [1.82, 2.24) is 14.8 Å². The minimum absolute atomic E-state index is 0.114. The Hall–Kier alpha value is -1.33. The molecular formula is C13H19N3O2. The van der Waals surface area contributed by atoms with Gasteiger partial charge in [0.25, 0.3) is 5.91 Å². The van der Waals surface area contributed by atoms with E-state index in [0.717, 1.165) is 50.7 Å². The molecule has 1 N–H and O–H groups in total. The number of carbonyl (C=O) groups excluding carboxylic acids is 1. The first-order valence-electron chi connectivity index (χ1n) is 6.51. The van der Waals surface area contributed by atoms with Crippen LogP contribution in [0.1, 0.15) is 16.1 Å². The molecule has 1 aromatic heterocycles. The molecule has 1 aromatic rings. The summed E-state index contributed by atoms with van der Waals surface area (Å²) in [4.78, 5) is 19.8. The summed E-state index contributed by atoms with van der Waals surface area (Å²) in [6.07, 6.45) is 1.82. The van der Waals surface area contributed by atoms with Crippen molar-refractivity contribution in [2.24, 2.45) is 0 Å². The van der Waals surface area contributed by atoms with E-state index in [1.807, 2.05) is 24.1 Å². The van der Waals surface area contributed by atoms with Gasteiger partial charge in [0.1, 0.15) is 5.69 Å². The van der Waals surface area contributed by atoms with Crippen molar-refractivity contribution in [2.75, 3.05) is 39.4 Å². The second-order valence-corrected chi connectivity index (χ2v) is 5.05. The lowest BCUT2D eigenvalue weighted by Crippen LogP contribution is -2.59. The number of morpholine rings is 1. The van der Waals surface area contributed by atoms with Crippen LogP contribution < -0.4 is 0 Å². The average Bonchev–Trinajstić information content (AvgIpc) is 2.83. The van der Waals surface area contributed by atoms with E-state index >= 15 is 0 Å². The fraction of sp³-hybridized carbons (Fsp3) is 0.615. The Balaban J connectivity index is 1.70. The van der Waals surface area contributed by atoms with E-state index in [-0.39, 0.29) is 5.91 Å². The molecule has 2 fully saturated rings. The molecule has 5 heteroatoms. The number of ether oxygens (including phenoxy) is 1. The monoisotopic (exact) mass is 249 g/mol. The van der Waals surface area contributed by atoms with Crippen molar-refractivity contribution in [1.29, 1.82) is 0 Å². The first kappa shape index (κ1) is 11.7. The largest absolute Gasteiger partial charge is 0.378 e. The molecule has 1 atom stereocenters. The molecule has 18 heavy (non-hydrogen) atoms. The topological polar surface area (TPSA) is 48.6 Å². The lowest BCUT2D eigenvalue weighted by Gasteiger charge is -2.43. The Labute approximate surface area is 107 Å². The summed E-state index contributed by atoms with van der Waals surface area (Å²) in [5, 5.41) is 0. The fourth-order valence-corrected chi connectivity index (χ4v) is 2.77. The summed E-state index contributed by atoms with van der Waals surface area (Å²) in [6, 6.07) is 2.31. The third-order valence-electron chi connectivity index (χ3n) is 3.89. The third-order valence-corrected chi connectivity index (χ3v) is 3.89. The van der Waals surface area contributed by atoms with Crippen molar-refractivity contribution >= 4 is 5.91 Å². The number of H-pyrrole nitrogens is 1. The van der Waals surface area contributed by atoms with Crippen molar-refractivity contribution in [2.45, 2.75) is 13.0 Å².